The van der Waals surface area contributed by atoms with Crippen molar-refractivity contribution in [3.63, 3.8) is 0 Å². The molecule has 0 aliphatic carbocycles. The SMILES string of the molecule is CC.Cc1cccc(N2CCCCC2)c1C#N. The summed E-state index contributed by atoms with van der Waals surface area (Å²) in [5.74, 6) is 0. The molecule has 0 unspecified atom stereocenters. The lowest BCUT2D eigenvalue weighted by Crippen LogP contribution is -2.30. The van der Waals surface area contributed by atoms with E-state index in [1.807, 2.05) is 32.9 Å². The van der Waals surface area contributed by atoms with E-state index in [-0.39, 0.29) is 0 Å². The summed E-state index contributed by atoms with van der Waals surface area (Å²) in [5.41, 5.74) is 3.05. The van der Waals surface area contributed by atoms with Crippen LogP contribution >= 0.6 is 0 Å². The highest BCUT2D eigenvalue weighted by atomic mass is 15.1. The van der Waals surface area contributed by atoms with Gasteiger partial charge in [0.15, 0.2) is 0 Å². The van der Waals surface area contributed by atoms with E-state index in [4.69, 9.17) is 5.26 Å². The molecule has 1 aliphatic heterocycles. The van der Waals surface area contributed by atoms with E-state index in [0.717, 1.165) is 29.9 Å². The molecule has 0 aromatic heterocycles. The Bertz CT molecular complexity index is 384. The van der Waals surface area contributed by atoms with Gasteiger partial charge in [0.25, 0.3) is 0 Å². The fraction of sp³-hybridized carbons (Fsp3) is 0.533. The van der Waals surface area contributed by atoms with Gasteiger partial charge in [0.2, 0.25) is 0 Å². The average molecular weight is 230 g/mol. The molecular formula is C15H22N2. The minimum Gasteiger partial charge on any atom is -0.370 e. The molecule has 17 heavy (non-hydrogen) atoms. The van der Waals surface area contributed by atoms with Gasteiger partial charge in [0.05, 0.1) is 11.3 Å². The highest BCUT2D eigenvalue weighted by molar-refractivity contribution is 5.62. The maximum atomic E-state index is 9.15. The Morgan fingerprint density at radius 3 is 2.35 bits per heavy atom. The van der Waals surface area contributed by atoms with Crippen LogP contribution in [0.5, 0.6) is 0 Å². The molecule has 2 nitrogen and oxygen atoms in total. The maximum absolute atomic E-state index is 9.15. The van der Waals surface area contributed by atoms with Crippen molar-refractivity contribution in [2.45, 2.75) is 40.0 Å². The Balaban J connectivity index is 0.000000686. The summed E-state index contributed by atoms with van der Waals surface area (Å²) in [5, 5.41) is 9.15. The molecule has 92 valence electrons. The van der Waals surface area contributed by atoms with Crippen LogP contribution in [-0.2, 0) is 0 Å². The molecule has 0 N–H and O–H groups in total. The largest absolute Gasteiger partial charge is 0.370 e. The third kappa shape index (κ3) is 3.23. The molecule has 1 saturated heterocycles. The van der Waals surface area contributed by atoms with Crippen molar-refractivity contribution >= 4 is 5.69 Å². The Hall–Kier alpha value is -1.49. The van der Waals surface area contributed by atoms with Crippen LogP contribution in [0, 0.1) is 18.3 Å². The summed E-state index contributed by atoms with van der Waals surface area (Å²) in [6.45, 7) is 8.20. The first-order valence-electron chi connectivity index (χ1n) is 6.57. The fourth-order valence-electron chi connectivity index (χ4n) is 2.20. The van der Waals surface area contributed by atoms with Crippen molar-refractivity contribution in [3.05, 3.63) is 29.3 Å². The number of aryl methyl sites for hydroxylation is 1. The van der Waals surface area contributed by atoms with Gasteiger partial charge in [-0.2, -0.15) is 5.26 Å². The Morgan fingerprint density at radius 2 is 1.76 bits per heavy atom. The third-order valence-corrected chi connectivity index (χ3v) is 3.06. The van der Waals surface area contributed by atoms with Crippen molar-refractivity contribution in [2.24, 2.45) is 0 Å². The monoisotopic (exact) mass is 230 g/mol. The molecule has 2 rings (SSSR count). The van der Waals surface area contributed by atoms with Crippen molar-refractivity contribution in [1.82, 2.24) is 0 Å². The molecule has 0 radical (unpaired) electrons. The first kappa shape index (κ1) is 13.6. The molecular weight excluding hydrogens is 208 g/mol. The maximum Gasteiger partial charge on any atom is 0.102 e. The van der Waals surface area contributed by atoms with Gasteiger partial charge in [-0.25, -0.2) is 0 Å². The number of piperidine rings is 1. The van der Waals surface area contributed by atoms with Gasteiger partial charge >= 0.3 is 0 Å². The van der Waals surface area contributed by atoms with Crippen molar-refractivity contribution in [1.29, 1.82) is 5.26 Å². The van der Waals surface area contributed by atoms with E-state index in [1.54, 1.807) is 0 Å². The van der Waals surface area contributed by atoms with Crippen molar-refractivity contribution in [3.8, 4) is 6.07 Å². The van der Waals surface area contributed by atoms with Gasteiger partial charge in [0.1, 0.15) is 6.07 Å². The van der Waals surface area contributed by atoms with E-state index < -0.39 is 0 Å². The molecule has 0 amide bonds. The predicted octanol–water partition coefficient (Wildman–Crippen LogP) is 3.88. The average Bonchev–Trinajstić information content (AvgIpc) is 2.42. The second kappa shape index (κ2) is 6.96. The highest BCUT2D eigenvalue weighted by Crippen LogP contribution is 2.25. The summed E-state index contributed by atoms with van der Waals surface area (Å²) < 4.78 is 0. The van der Waals surface area contributed by atoms with Crippen molar-refractivity contribution in [2.75, 3.05) is 18.0 Å². The van der Waals surface area contributed by atoms with Crippen LogP contribution in [0.2, 0.25) is 0 Å². The number of benzene rings is 1. The quantitative estimate of drug-likeness (QED) is 0.732. The molecule has 1 aromatic rings. The number of anilines is 1. The normalized spacial score (nSPS) is 14.6. The van der Waals surface area contributed by atoms with Gasteiger partial charge in [-0.1, -0.05) is 26.0 Å². The van der Waals surface area contributed by atoms with Crippen LogP contribution in [0.1, 0.15) is 44.2 Å². The molecule has 1 aliphatic rings. The van der Waals surface area contributed by atoms with E-state index in [0.29, 0.717) is 0 Å². The lowest BCUT2D eigenvalue weighted by molar-refractivity contribution is 0.577. The molecule has 1 heterocycles. The number of hydrogen-bond donors (Lipinski definition) is 0. The minimum atomic E-state index is 0.847. The summed E-state index contributed by atoms with van der Waals surface area (Å²) in [4.78, 5) is 2.34. The zero-order valence-corrected chi connectivity index (χ0v) is 11.2. The van der Waals surface area contributed by atoms with E-state index in [2.05, 4.69) is 17.0 Å². The van der Waals surface area contributed by atoms with Gasteiger partial charge in [-0.15, -0.1) is 0 Å². The minimum absolute atomic E-state index is 0.847. The number of nitrogens with zero attached hydrogens (tertiary/aromatic N) is 2. The lowest BCUT2D eigenvalue weighted by atomic mass is 10.0. The summed E-state index contributed by atoms with van der Waals surface area (Å²) in [6, 6.07) is 8.43. The second-order valence-electron chi connectivity index (χ2n) is 4.13. The predicted molar refractivity (Wildman–Crippen MR) is 73.3 cm³/mol. The first-order valence-corrected chi connectivity index (χ1v) is 6.57. The molecule has 1 aromatic carbocycles. The van der Waals surface area contributed by atoms with Crippen LogP contribution in [0.3, 0.4) is 0 Å². The van der Waals surface area contributed by atoms with Crippen LogP contribution in [-0.4, -0.2) is 13.1 Å². The second-order valence-corrected chi connectivity index (χ2v) is 4.13. The molecule has 0 atom stereocenters. The first-order chi connectivity index (χ1) is 8.33. The summed E-state index contributed by atoms with van der Waals surface area (Å²) >= 11 is 0. The van der Waals surface area contributed by atoms with E-state index in [9.17, 15) is 0 Å². The Labute approximate surface area is 105 Å². The fourth-order valence-corrected chi connectivity index (χ4v) is 2.20. The smallest absolute Gasteiger partial charge is 0.102 e. The van der Waals surface area contributed by atoms with Crippen LogP contribution in [0.4, 0.5) is 5.69 Å². The molecule has 2 heteroatoms. The number of nitriles is 1. The zero-order chi connectivity index (χ0) is 12.7. The van der Waals surface area contributed by atoms with Crippen LogP contribution in [0.25, 0.3) is 0 Å². The number of rotatable bonds is 1. The van der Waals surface area contributed by atoms with E-state index in [1.165, 1.54) is 19.3 Å². The number of hydrogen-bond acceptors (Lipinski definition) is 2. The molecule has 1 fully saturated rings. The molecule has 0 saturated carbocycles. The van der Waals surface area contributed by atoms with Gasteiger partial charge < -0.3 is 4.90 Å². The zero-order valence-electron chi connectivity index (χ0n) is 11.2. The van der Waals surface area contributed by atoms with Crippen LogP contribution in [0.15, 0.2) is 18.2 Å². The lowest BCUT2D eigenvalue weighted by Gasteiger charge is -2.29. The van der Waals surface area contributed by atoms with E-state index >= 15 is 0 Å². The molecule has 0 spiro atoms. The molecule has 0 bridgehead atoms. The summed E-state index contributed by atoms with van der Waals surface area (Å²) in [7, 11) is 0. The Morgan fingerprint density at radius 1 is 1.12 bits per heavy atom. The third-order valence-electron chi connectivity index (χ3n) is 3.06. The Kier molecular flexibility index (Phi) is 5.56. The topological polar surface area (TPSA) is 27.0 Å². The highest BCUT2D eigenvalue weighted by Gasteiger charge is 2.14. The van der Waals surface area contributed by atoms with Crippen molar-refractivity contribution < 1.29 is 0 Å². The summed E-state index contributed by atoms with van der Waals surface area (Å²) in [6.07, 6.45) is 3.82. The van der Waals surface area contributed by atoms with Gasteiger partial charge in [0, 0.05) is 13.1 Å². The standard InChI is InChI=1S/C13H16N2.C2H6/c1-11-6-5-7-13(12(11)10-14)15-8-3-2-4-9-15;1-2/h5-7H,2-4,8-9H2,1H3;1-2H3. The van der Waals surface area contributed by atoms with Gasteiger partial charge in [-0.05, 0) is 37.8 Å². The van der Waals surface area contributed by atoms with Crippen LogP contribution < -0.4 is 4.90 Å². The van der Waals surface area contributed by atoms with Gasteiger partial charge in [-0.3, -0.25) is 0 Å².